The maximum atomic E-state index is 12.8. The van der Waals surface area contributed by atoms with Gasteiger partial charge in [0.1, 0.15) is 0 Å². The molecule has 0 fully saturated rings. The lowest BCUT2D eigenvalue weighted by Crippen LogP contribution is -2.41. The summed E-state index contributed by atoms with van der Waals surface area (Å²) in [4.78, 5) is 26.9. The van der Waals surface area contributed by atoms with E-state index in [-0.39, 0.29) is 12.2 Å². The van der Waals surface area contributed by atoms with Crippen molar-refractivity contribution < 1.29 is 14.7 Å². The zero-order valence-electron chi connectivity index (χ0n) is 12.9. The van der Waals surface area contributed by atoms with Gasteiger partial charge in [0.25, 0.3) is 5.91 Å². The summed E-state index contributed by atoms with van der Waals surface area (Å²) >= 11 is 9.42. The molecule has 124 valence electrons. The number of aliphatic hydroxyl groups is 1. The molecule has 6 heteroatoms. The minimum absolute atomic E-state index is 0.298. The maximum absolute atomic E-state index is 12.8. The number of carbonyl (C=O) groups excluding carboxylic acids is 2. The van der Waals surface area contributed by atoms with Gasteiger partial charge in [-0.25, -0.2) is 0 Å². The molecule has 0 saturated heterocycles. The Labute approximate surface area is 153 Å². The molecule has 0 aliphatic carbocycles. The third-order valence-corrected chi connectivity index (χ3v) is 5.02. The van der Waals surface area contributed by atoms with Crippen LogP contribution in [0.4, 0.5) is 5.69 Å². The molecule has 4 nitrogen and oxygen atoms in total. The predicted octanol–water partition coefficient (Wildman–Crippen LogP) is 3.93. The fourth-order valence-electron chi connectivity index (χ4n) is 3.02. The summed E-state index contributed by atoms with van der Waals surface area (Å²) in [5.74, 6) is -0.862. The Balaban J connectivity index is 2.04. The van der Waals surface area contributed by atoms with Gasteiger partial charge in [-0.1, -0.05) is 39.7 Å². The van der Waals surface area contributed by atoms with E-state index in [0.717, 1.165) is 4.47 Å². The molecule has 1 aliphatic heterocycles. The van der Waals surface area contributed by atoms with Crippen LogP contribution in [0.2, 0.25) is 5.02 Å². The van der Waals surface area contributed by atoms with Gasteiger partial charge >= 0.3 is 0 Å². The van der Waals surface area contributed by atoms with Gasteiger partial charge in [0, 0.05) is 22.1 Å². The molecular weight excluding hydrogens is 394 g/mol. The van der Waals surface area contributed by atoms with E-state index >= 15 is 0 Å². The van der Waals surface area contributed by atoms with Gasteiger partial charge in [0.05, 0.1) is 17.1 Å². The molecule has 0 unspecified atom stereocenters. The van der Waals surface area contributed by atoms with E-state index in [0.29, 0.717) is 28.4 Å². The van der Waals surface area contributed by atoms with Crippen LogP contribution in [0, 0.1) is 0 Å². The van der Waals surface area contributed by atoms with Crippen molar-refractivity contribution in [1.29, 1.82) is 0 Å². The van der Waals surface area contributed by atoms with Crippen molar-refractivity contribution in [3.8, 4) is 0 Å². The van der Waals surface area contributed by atoms with Gasteiger partial charge in [0.2, 0.25) is 0 Å². The topological polar surface area (TPSA) is 57.6 Å². The molecule has 0 spiro atoms. The Morgan fingerprint density at radius 2 is 2.00 bits per heavy atom. The Bertz CT molecular complexity index is 839. The van der Waals surface area contributed by atoms with Gasteiger partial charge < -0.3 is 10.0 Å². The molecule has 3 rings (SSSR count). The first kappa shape index (κ1) is 17.1. The number of carbonyl (C=O) groups is 2. The lowest BCUT2D eigenvalue weighted by molar-refractivity contribution is -0.135. The minimum atomic E-state index is -1.88. The summed E-state index contributed by atoms with van der Waals surface area (Å²) in [7, 11) is 0. The SMILES string of the molecule is CCN1C(=O)[C@@](O)(CC(=O)c2ccccc2Cl)c2cc(Br)ccc21. The van der Waals surface area contributed by atoms with Crippen LogP contribution in [0.5, 0.6) is 0 Å². The average molecular weight is 409 g/mol. The van der Waals surface area contributed by atoms with E-state index in [1.54, 1.807) is 42.5 Å². The molecule has 2 aromatic carbocycles. The number of likely N-dealkylation sites (N-methyl/N-ethyl adjacent to an activating group) is 1. The van der Waals surface area contributed by atoms with Crippen molar-refractivity contribution in [2.75, 3.05) is 11.4 Å². The second kappa shape index (κ2) is 6.31. The normalized spacial score (nSPS) is 19.5. The summed E-state index contributed by atoms with van der Waals surface area (Å²) in [5, 5.41) is 11.4. The quantitative estimate of drug-likeness (QED) is 0.780. The highest BCUT2D eigenvalue weighted by Crippen LogP contribution is 2.44. The molecule has 0 aromatic heterocycles. The highest BCUT2D eigenvalue weighted by Gasteiger charge is 2.50. The first-order valence-electron chi connectivity index (χ1n) is 7.50. The monoisotopic (exact) mass is 407 g/mol. The number of hydrogen-bond acceptors (Lipinski definition) is 3. The summed E-state index contributed by atoms with van der Waals surface area (Å²) in [6, 6.07) is 11.9. The number of halogens is 2. The molecule has 0 radical (unpaired) electrons. The summed E-state index contributed by atoms with van der Waals surface area (Å²) in [6.45, 7) is 2.24. The van der Waals surface area contributed by atoms with Crippen LogP contribution in [0.1, 0.15) is 29.3 Å². The van der Waals surface area contributed by atoms with Gasteiger partial charge in [-0.2, -0.15) is 0 Å². The lowest BCUT2D eigenvalue weighted by Gasteiger charge is -2.22. The number of hydrogen-bond donors (Lipinski definition) is 1. The van der Waals surface area contributed by atoms with Crippen molar-refractivity contribution in [3.63, 3.8) is 0 Å². The second-order valence-corrected chi connectivity index (χ2v) is 6.97. The molecule has 1 aliphatic rings. The third-order valence-electron chi connectivity index (χ3n) is 4.20. The highest BCUT2D eigenvalue weighted by atomic mass is 79.9. The Hall–Kier alpha value is -1.69. The smallest absolute Gasteiger partial charge is 0.264 e. The van der Waals surface area contributed by atoms with Gasteiger partial charge in [-0.3, -0.25) is 9.59 Å². The molecular formula is C18H15BrClNO3. The molecule has 1 N–H and O–H groups in total. The van der Waals surface area contributed by atoms with Gasteiger partial charge in [-0.05, 0) is 37.3 Å². The van der Waals surface area contributed by atoms with E-state index in [9.17, 15) is 14.7 Å². The number of Topliss-reactive ketones (excluding diaryl/α,β-unsaturated/α-hetero) is 1. The van der Waals surface area contributed by atoms with Crippen LogP contribution in [-0.2, 0) is 10.4 Å². The van der Waals surface area contributed by atoms with Crippen molar-refractivity contribution in [2.24, 2.45) is 0 Å². The number of rotatable bonds is 4. The van der Waals surface area contributed by atoms with Gasteiger partial charge in [0.15, 0.2) is 11.4 Å². The largest absolute Gasteiger partial charge is 0.375 e. The number of nitrogens with zero attached hydrogens (tertiary/aromatic N) is 1. The molecule has 2 aromatic rings. The first-order valence-corrected chi connectivity index (χ1v) is 8.67. The van der Waals surface area contributed by atoms with Crippen LogP contribution in [0.25, 0.3) is 0 Å². The van der Waals surface area contributed by atoms with E-state index in [1.807, 2.05) is 6.92 Å². The van der Waals surface area contributed by atoms with Crippen LogP contribution >= 0.6 is 27.5 Å². The summed E-state index contributed by atoms with van der Waals surface area (Å²) < 4.78 is 0.732. The lowest BCUT2D eigenvalue weighted by atomic mass is 9.88. The Kier molecular flexibility index (Phi) is 4.51. The number of amides is 1. The summed E-state index contributed by atoms with van der Waals surface area (Å²) in [6.07, 6.45) is -0.352. The molecule has 1 amide bonds. The van der Waals surface area contributed by atoms with E-state index in [4.69, 9.17) is 11.6 Å². The fourth-order valence-corrected chi connectivity index (χ4v) is 3.62. The van der Waals surface area contributed by atoms with Crippen LogP contribution < -0.4 is 4.90 Å². The molecule has 24 heavy (non-hydrogen) atoms. The minimum Gasteiger partial charge on any atom is -0.375 e. The predicted molar refractivity (Wildman–Crippen MR) is 96.5 cm³/mol. The zero-order valence-corrected chi connectivity index (χ0v) is 15.3. The zero-order chi connectivity index (χ0) is 17.5. The van der Waals surface area contributed by atoms with Gasteiger partial charge in [-0.15, -0.1) is 0 Å². The number of fused-ring (bicyclic) bond motifs is 1. The van der Waals surface area contributed by atoms with E-state index in [2.05, 4.69) is 15.9 Å². The van der Waals surface area contributed by atoms with E-state index in [1.165, 1.54) is 4.90 Å². The number of anilines is 1. The first-order chi connectivity index (χ1) is 11.4. The maximum Gasteiger partial charge on any atom is 0.264 e. The second-order valence-electron chi connectivity index (χ2n) is 5.65. The fraction of sp³-hybridized carbons (Fsp3) is 0.222. The number of ketones is 1. The van der Waals surface area contributed by atoms with E-state index < -0.39 is 11.5 Å². The van der Waals surface area contributed by atoms with Crippen molar-refractivity contribution in [2.45, 2.75) is 18.9 Å². The highest BCUT2D eigenvalue weighted by molar-refractivity contribution is 9.10. The molecule has 1 atom stereocenters. The number of benzene rings is 2. The van der Waals surface area contributed by atoms with Crippen LogP contribution in [-0.4, -0.2) is 23.3 Å². The Morgan fingerprint density at radius 1 is 1.29 bits per heavy atom. The summed E-state index contributed by atoms with van der Waals surface area (Å²) in [5.41, 5.74) is -0.526. The Morgan fingerprint density at radius 3 is 2.67 bits per heavy atom. The standard InChI is InChI=1S/C18H15BrClNO3/c1-2-21-15-8-7-11(19)9-13(15)18(24,17(21)23)10-16(22)12-5-3-4-6-14(12)20/h3-9,24H,2,10H2,1H3/t18-/m1/s1. The molecule has 1 heterocycles. The molecule has 0 bridgehead atoms. The average Bonchev–Trinajstić information content (AvgIpc) is 2.75. The van der Waals surface area contributed by atoms with Crippen molar-refractivity contribution in [3.05, 3.63) is 63.1 Å². The van der Waals surface area contributed by atoms with Crippen LogP contribution in [0.3, 0.4) is 0 Å². The molecule has 0 saturated carbocycles. The van der Waals surface area contributed by atoms with Crippen molar-refractivity contribution >= 4 is 44.9 Å². The third kappa shape index (κ3) is 2.66. The van der Waals surface area contributed by atoms with Crippen molar-refractivity contribution in [1.82, 2.24) is 0 Å². The van der Waals surface area contributed by atoms with Crippen LogP contribution in [0.15, 0.2) is 46.9 Å².